The molecule has 0 spiro atoms. The van der Waals surface area contributed by atoms with Gasteiger partial charge in [0.2, 0.25) is 0 Å². The third-order valence-electron chi connectivity index (χ3n) is 3.45. The monoisotopic (exact) mass is 276 g/mol. The van der Waals surface area contributed by atoms with Gasteiger partial charge in [0.25, 0.3) is 0 Å². The topological polar surface area (TPSA) is 9.23 Å². The molecule has 4 heteroatoms. The second-order valence-corrected chi connectivity index (χ2v) is 5.30. The lowest BCUT2D eigenvalue weighted by molar-refractivity contribution is 0.0254. The first-order chi connectivity index (χ1) is 8.17. The van der Waals surface area contributed by atoms with E-state index >= 15 is 0 Å². The fourth-order valence-electron chi connectivity index (χ4n) is 2.24. The first-order valence-corrected chi connectivity index (χ1v) is 6.65. The summed E-state index contributed by atoms with van der Waals surface area (Å²) in [4.78, 5) is 0. The highest BCUT2D eigenvalue weighted by Gasteiger charge is 2.33. The Hall–Kier alpha value is -0.310. The van der Waals surface area contributed by atoms with Crippen molar-refractivity contribution >= 4 is 23.2 Å². The highest BCUT2D eigenvalue weighted by Crippen LogP contribution is 2.37. The normalized spacial score (nSPS) is 19.2. The number of halogens is 3. The summed E-state index contributed by atoms with van der Waals surface area (Å²) in [6.45, 7) is 1.39. The molecule has 1 nitrogen and oxygen atoms in total. The SMILES string of the molecule is Fc1cccc(Cl)c1CC1(CCl)CCOCC1. The van der Waals surface area contributed by atoms with Crippen molar-refractivity contribution in [3.05, 3.63) is 34.6 Å². The zero-order valence-corrected chi connectivity index (χ0v) is 11.0. The van der Waals surface area contributed by atoms with E-state index in [9.17, 15) is 4.39 Å². The number of benzene rings is 1. The van der Waals surface area contributed by atoms with E-state index in [1.807, 2.05) is 0 Å². The minimum Gasteiger partial charge on any atom is -0.381 e. The molecule has 0 bridgehead atoms. The van der Waals surface area contributed by atoms with Gasteiger partial charge in [-0.2, -0.15) is 0 Å². The molecule has 2 rings (SSSR count). The van der Waals surface area contributed by atoms with E-state index in [4.69, 9.17) is 27.9 Å². The Kier molecular flexibility index (Phi) is 4.29. The second-order valence-electron chi connectivity index (χ2n) is 4.62. The Labute approximate surface area is 111 Å². The fourth-order valence-corrected chi connectivity index (χ4v) is 2.83. The third kappa shape index (κ3) is 2.93. The van der Waals surface area contributed by atoms with Crippen LogP contribution in [0.4, 0.5) is 4.39 Å². The molecule has 1 saturated heterocycles. The third-order valence-corrected chi connectivity index (χ3v) is 4.37. The van der Waals surface area contributed by atoms with Gasteiger partial charge in [-0.1, -0.05) is 17.7 Å². The Morgan fingerprint density at radius 1 is 1.29 bits per heavy atom. The van der Waals surface area contributed by atoms with Gasteiger partial charge in [0.05, 0.1) is 0 Å². The summed E-state index contributed by atoms with van der Waals surface area (Å²) in [7, 11) is 0. The molecule has 0 aliphatic carbocycles. The van der Waals surface area contributed by atoms with Crippen molar-refractivity contribution in [2.45, 2.75) is 19.3 Å². The zero-order chi connectivity index (χ0) is 12.3. The molecule has 94 valence electrons. The van der Waals surface area contributed by atoms with Gasteiger partial charge in [-0.05, 0) is 36.8 Å². The number of hydrogen-bond donors (Lipinski definition) is 0. The standard InChI is InChI=1S/C13H15Cl2FO/c14-9-13(4-6-17-7-5-13)8-10-11(15)2-1-3-12(10)16/h1-3H,4-9H2. The van der Waals surface area contributed by atoms with Crippen molar-refractivity contribution < 1.29 is 9.13 Å². The molecular formula is C13H15Cl2FO. The van der Waals surface area contributed by atoms with Gasteiger partial charge >= 0.3 is 0 Å². The maximum absolute atomic E-state index is 13.8. The van der Waals surface area contributed by atoms with E-state index in [1.165, 1.54) is 6.07 Å². The van der Waals surface area contributed by atoms with Crippen LogP contribution in [0.5, 0.6) is 0 Å². The Balaban J connectivity index is 2.23. The predicted octanol–water partition coefficient (Wildman–Crippen LogP) is 4.06. The molecular weight excluding hydrogens is 262 g/mol. The molecule has 1 aromatic rings. The summed E-state index contributed by atoms with van der Waals surface area (Å²) in [5.74, 6) is 0.273. The van der Waals surface area contributed by atoms with Crippen molar-refractivity contribution in [1.29, 1.82) is 0 Å². The molecule has 0 aromatic heterocycles. The number of hydrogen-bond acceptors (Lipinski definition) is 1. The number of alkyl halides is 1. The summed E-state index contributed by atoms with van der Waals surface area (Å²) in [5, 5.41) is 0.487. The van der Waals surface area contributed by atoms with E-state index in [-0.39, 0.29) is 11.2 Å². The Morgan fingerprint density at radius 3 is 2.59 bits per heavy atom. The van der Waals surface area contributed by atoms with Gasteiger partial charge < -0.3 is 4.74 Å². The Bertz CT molecular complexity index is 369. The molecule has 0 N–H and O–H groups in total. The summed E-state index contributed by atoms with van der Waals surface area (Å²) in [5.41, 5.74) is 0.503. The average Bonchev–Trinajstić information content (AvgIpc) is 2.35. The minimum absolute atomic E-state index is 0.0777. The molecule has 0 radical (unpaired) electrons. The highest BCUT2D eigenvalue weighted by atomic mass is 35.5. The molecule has 0 unspecified atom stereocenters. The van der Waals surface area contributed by atoms with Crippen LogP contribution in [0, 0.1) is 11.2 Å². The summed E-state index contributed by atoms with van der Waals surface area (Å²) < 4.78 is 19.1. The van der Waals surface area contributed by atoms with E-state index in [0.717, 1.165) is 12.8 Å². The molecule has 1 heterocycles. The molecule has 1 aliphatic heterocycles. The van der Waals surface area contributed by atoms with Gasteiger partial charge in [-0.15, -0.1) is 11.6 Å². The van der Waals surface area contributed by atoms with E-state index in [2.05, 4.69) is 0 Å². The fraction of sp³-hybridized carbons (Fsp3) is 0.538. The van der Waals surface area contributed by atoms with Crippen LogP contribution >= 0.6 is 23.2 Å². The van der Waals surface area contributed by atoms with Crippen LogP contribution < -0.4 is 0 Å². The second kappa shape index (κ2) is 5.55. The molecule has 1 fully saturated rings. The summed E-state index contributed by atoms with van der Waals surface area (Å²) >= 11 is 12.1. The van der Waals surface area contributed by atoms with Crippen molar-refractivity contribution in [1.82, 2.24) is 0 Å². The van der Waals surface area contributed by atoms with Gasteiger partial charge in [0.15, 0.2) is 0 Å². The van der Waals surface area contributed by atoms with E-state index < -0.39 is 0 Å². The molecule has 17 heavy (non-hydrogen) atoms. The van der Waals surface area contributed by atoms with Gasteiger partial charge in [-0.25, -0.2) is 4.39 Å². The Morgan fingerprint density at radius 2 is 2.00 bits per heavy atom. The van der Waals surface area contributed by atoms with Crippen LogP contribution in [-0.2, 0) is 11.2 Å². The van der Waals surface area contributed by atoms with Gasteiger partial charge in [0.1, 0.15) is 5.82 Å². The van der Waals surface area contributed by atoms with Crippen molar-refractivity contribution in [2.75, 3.05) is 19.1 Å². The largest absolute Gasteiger partial charge is 0.381 e. The smallest absolute Gasteiger partial charge is 0.127 e. The molecule has 0 amide bonds. The van der Waals surface area contributed by atoms with Crippen LogP contribution in [-0.4, -0.2) is 19.1 Å². The highest BCUT2D eigenvalue weighted by molar-refractivity contribution is 6.31. The number of rotatable bonds is 3. The first kappa shape index (κ1) is 13.1. The van der Waals surface area contributed by atoms with Crippen LogP contribution in [0.15, 0.2) is 18.2 Å². The van der Waals surface area contributed by atoms with Gasteiger partial charge in [-0.3, -0.25) is 0 Å². The van der Waals surface area contributed by atoms with E-state index in [0.29, 0.717) is 36.1 Å². The maximum atomic E-state index is 13.8. The van der Waals surface area contributed by atoms with E-state index in [1.54, 1.807) is 12.1 Å². The average molecular weight is 277 g/mol. The molecule has 0 atom stereocenters. The molecule has 0 saturated carbocycles. The van der Waals surface area contributed by atoms with Crippen LogP contribution in [0.1, 0.15) is 18.4 Å². The lowest BCUT2D eigenvalue weighted by Gasteiger charge is -2.35. The first-order valence-electron chi connectivity index (χ1n) is 5.73. The maximum Gasteiger partial charge on any atom is 0.127 e. The lowest BCUT2D eigenvalue weighted by atomic mass is 9.77. The van der Waals surface area contributed by atoms with Crippen molar-refractivity contribution in [3.63, 3.8) is 0 Å². The number of ether oxygens (including phenoxy) is 1. The van der Waals surface area contributed by atoms with Crippen LogP contribution in [0.2, 0.25) is 5.02 Å². The van der Waals surface area contributed by atoms with Crippen LogP contribution in [0.3, 0.4) is 0 Å². The van der Waals surface area contributed by atoms with Crippen LogP contribution in [0.25, 0.3) is 0 Å². The molecule has 1 aromatic carbocycles. The molecule has 1 aliphatic rings. The van der Waals surface area contributed by atoms with Gasteiger partial charge in [0, 0.05) is 29.7 Å². The van der Waals surface area contributed by atoms with Crippen molar-refractivity contribution in [3.8, 4) is 0 Å². The lowest BCUT2D eigenvalue weighted by Crippen LogP contribution is -2.33. The summed E-state index contributed by atoms with van der Waals surface area (Å²) in [6.07, 6.45) is 2.31. The van der Waals surface area contributed by atoms with Crippen molar-refractivity contribution in [2.24, 2.45) is 5.41 Å². The minimum atomic E-state index is -0.242. The predicted molar refractivity (Wildman–Crippen MR) is 68.3 cm³/mol. The summed E-state index contributed by atoms with van der Waals surface area (Å²) in [6, 6.07) is 4.79. The zero-order valence-electron chi connectivity index (χ0n) is 9.52. The quantitative estimate of drug-likeness (QED) is 0.757.